The highest BCUT2D eigenvalue weighted by atomic mass is 31.2. The lowest BCUT2D eigenvalue weighted by Crippen LogP contribution is -2.25. The van der Waals surface area contributed by atoms with Crippen LogP contribution >= 0.6 is 7.60 Å². The molecule has 2 aromatic rings. The maximum atomic E-state index is 13.1. The number of para-hydroxylation sites is 2. The van der Waals surface area contributed by atoms with Gasteiger partial charge in [0.15, 0.2) is 5.85 Å². The highest BCUT2D eigenvalue weighted by molar-refractivity contribution is 7.54. The molecule has 6 heteroatoms. The van der Waals surface area contributed by atoms with Gasteiger partial charge in [-0.3, -0.25) is 4.57 Å². The number of fused-ring (bicyclic) bond motifs is 2. The molecule has 24 heavy (non-hydrogen) atoms. The van der Waals surface area contributed by atoms with E-state index in [1.807, 2.05) is 48.5 Å². The number of ether oxygens (including phenoxy) is 1. The molecule has 0 spiro atoms. The summed E-state index contributed by atoms with van der Waals surface area (Å²) in [6.07, 6.45) is 0. The second-order valence-corrected chi connectivity index (χ2v) is 7.57. The molecule has 1 atom stereocenters. The maximum absolute atomic E-state index is 13.1. The van der Waals surface area contributed by atoms with Crippen LogP contribution in [-0.2, 0) is 13.6 Å². The average Bonchev–Trinajstić information content (AvgIpc) is 2.59. The lowest BCUT2D eigenvalue weighted by molar-refractivity contribution is 0.138. The van der Waals surface area contributed by atoms with Gasteiger partial charge in [-0.2, -0.15) is 0 Å². The molecule has 1 aliphatic heterocycles. The lowest BCUT2D eigenvalue weighted by atomic mass is 9.88. The molecule has 0 saturated carbocycles. The van der Waals surface area contributed by atoms with Crippen LogP contribution in [-0.4, -0.2) is 24.2 Å². The van der Waals surface area contributed by atoms with Crippen molar-refractivity contribution in [3.63, 3.8) is 0 Å². The van der Waals surface area contributed by atoms with Crippen LogP contribution in [0.15, 0.2) is 48.5 Å². The number of aliphatic hydroxyl groups excluding tert-OH is 1. The zero-order chi connectivity index (χ0) is 17.2. The van der Waals surface area contributed by atoms with Crippen LogP contribution in [0.25, 0.3) is 0 Å². The van der Waals surface area contributed by atoms with Gasteiger partial charge in [0, 0.05) is 11.1 Å². The van der Waals surface area contributed by atoms with Crippen molar-refractivity contribution in [2.24, 2.45) is 0 Å². The quantitative estimate of drug-likeness (QED) is 0.778. The minimum absolute atomic E-state index is 0.195. The normalized spacial score (nSPS) is 15.3. The topological polar surface area (TPSA) is 65.0 Å². The molecule has 128 valence electrons. The summed E-state index contributed by atoms with van der Waals surface area (Å²) in [5.74, 6) is -0.585. The second-order valence-electron chi connectivity index (χ2n) is 5.44. The van der Waals surface area contributed by atoms with Gasteiger partial charge >= 0.3 is 7.60 Å². The van der Waals surface area contributed by atoms with Crippen molar-refractivity contribution in [1.82, 2.24) is 0 Å². The van der Waals surface area contributed by atoms with Gasteiger partial charge in [0.25, 0.3) is 0 Å². The van der Waals surface area contributed by atoms with Gasteiger partial charge in [-0.05, 0) is 26.0 Å². The summed E-state index contributed by atoms with van der Waals surface area (Å²) < 4.78 is 29.7. The Hall–Kier alpha value is -1.65. The largest absolute Gasteiger partial charge is 0.457 e. The summed E-state index contributed by atoms with van der Waals surface area (Å²) in [7, 11) is -3.69. The fraction of sp³-hybridized carbons (Fsp3) is 0.333. The molecule has 0 bridgehead atoms. The van der Waals surface area contributed by atoms with Crippen LogP contribution in [0.5, 0.6) is 11.5 Å². The highest BCUT2D eigenvalue weighted by Gasteiger charge is 2.44. The molecule has 3 rings (SSSR count). The van der Waals surface area contributed by atoms with Gasteiger partial charge in [0.05, 0.1) is 19.1 Å². The van der Waals surface area contributed by atoms with E-state index in [1.54, 1.807) is 13.8 Å². The van der Waals surface area contributed by atoms with Crippen molar-refractivity contribution < 1.29 is 23.5 Å². The van der Waals surface area contributed by atoms with Gasteiger partial charge in [-0.1, -0.05) is 36.4 Å². The maximum Gasteiger partial charge on any atom is 0.359 e. The number of benzene rings is 2. The van der Waals surface area contributed by atoms with E-state index in [0.29, 0.717) is 11.5 Å². The molecule has 0 fully saturated rings. The van der Waals surface area contributed by atoms with Gasteiger partial charge in [0.2, 0.25) is 0 Å². The van der Waals surface area contributed by atoms with Gasteiger partial charge in [0.1, 0.15) is 11.5 Å². The predicted molar refractivity (Wildman–Crippen MR) is 91.7 cm³/mol. The molecule has 1 heterocycles. The molecule has 0 saturated heterocycles. The first kappa shape index (κ1) is 17.2. The van der Waals surface area contributed by atoms with Crippen molar-refractivity contribution in [3.8, 4) is 11.5 Å². The molecule has 0 aliphatic carbocycles. The molecular formula is C18H21O5P. The molecule has 1 N–H and O–H groups in total. The van der Waals surface area contributed by atoms with Crippen molar-refractivity contribution in [3.05, 3.63) is 59.7 Å². The Balaban J connectivity index is 2.11. The van der Waals surface area contributed by atoms with Crippen molar-refractivity contribution in [1.29, 1.82) is 0 Å². The lowest BCUT2D eigenvalue weighted by Gasteiger charge is -2.34. The van der Waals surface area contributed by atoms with Gasteiger partial charge in [-0.25, -0.2) is 0 Å². The van der Waals surface area contributed by atoms with Crippen LogP contribution in [0, 0.1) is 0 Å². The van der Waals surface area contributed by atoms with E-state index >= 15 is 0 Å². The summed E-state index contributed by atoms with van der Waals surface area (Å²) in [6.45, 7) is 3.84. The Bertz CT molecular complexity index is 705. The van der Waals surface area contributed by atoms with E-state index in [-0.39, 0.29) is 13.2 Å². The number of hydrogen-bond acceptors (Lipinski definition) is 5. The Labute approximate surface area is 141 Å². The van der Waals surface area contributed by atoms with Crippen LogP contribution < -0.4 is 4.74 Å². The standard InChI is InChI=1S/C18H21O5P/c1-3-21-24(20,22-4-2)18(19)17-13-9-5-7-11-15(13)23-16-12-8-6-10-14(16)17/h5-12,17-19H,3-4H2,1-2H3. The van der Waals surface area contributed by atoms with E-state index in [1.165, 1.54) is 0 Å². The summed E-state index contributed by atoms with van der Waals surface area (Å²) in [5, 5.41) is 11.0. The number of hydrogen-bond donors (Lipinski definition) is 1. The molecule has 0 radical (unpaired) electrons. The minimum Gasteiger partial charge on any atom is -0.457 e. The third-order valence-electron chi connectivity index (χ3n) is 3.97. The van der Waals surface area contributed by atoms with Crippen LogP contribution in [0.3, 0.4) is 0 Å². The van der Waals surface area contributed by atoms with Crippen LogP contribution in [0.4, 0.5) is 0 Å². The fourth-order valence-corrected chi connectivity index (χ4v) is 4.79. The average molecular weight is 348 g/mol. The fourth-order valence-electron chi connectivity index (χ4n) is 3.00. The van der Waals surface area contributed by atoms with Gasteiger partial charge in [-0.15, -0.1) is 0 Å². The first-order chi connectivity index (χ1) is 11.6. The minimum atomic E-state index is -3.69. The second kappa shape index (κ2) is 7.08. The smallest absolute Gasteiger partial charge is 0.359 e. The molecule has 0 aromatic heterocycles. The summed E-state index contributed by atoms with van der Waals surface area (Å²) in [6, 6.07) is 14.8. The molecule has 5 nitrogen and oxygen atoms in total. The van der Waals surface area contributed by atoms with E-state index in [4.69, 9.17) is 13.8 Å². The van der Waals surface area contributed by atoms with E-state index in [9.17, 15) is 9.67 Å². The van der Waals surface area contributed by atoms with E-state index < -0.39 is 19.4 Å². The van der Waals surface area contributed by atoms with E-state index in [2.05, 4.69) is 0 Å². The number of aliphatic hydroxyl groups is 1. The molecule has 1 aliphatic rings. The monoisotopic (exact) mass is 348 g/mol. The summed E-state index contributed by atoms with van der Waals surface area (Å²) in [4.78, 5) is 0. The molecule has 2 aromatic carbocycles. The third kappa shape index (κ3) is 3.01. The van der Waals surface area contributed by atoms with Crippen molar-refractivity contribution in [2.45, 2.75) is 25.6 Å². The Morgan fingerprint density at radius 2 is 1.46 bits per heavy atom. The molecular weight excluding hydrogens is 327 g/mol. The Morgan fingerprint density at radius 3 is 1.92 bits per heavy atom. The Morgan fingerprint density at radius 1 is 1.00 bits per heavy atom. The zero-order valence-electron chi connectivity index (χ0n) is 13.7. The van der Waals surface area contributed by atoms with Crippen LogP contribution in [0.2, 0.25) is 0 Å². The molecule has 0 amide bonds. The van der Waals surface area contributed by atoms with Gasteiger partial charge < -0.3 is 18.9 Å². The SMILES string of the molecule is CCOP(=O)(OCC)C(O)C1c2ccccc2Oc2ccccc21. The zero-order valence-corrected chi connectivity index (χ0v) is 14.6. The van der Waals surface area contributed by atoms with E-state index in [0.717, 1.165) is 11.1 Å². The van der Waals surface area contributed by atoms with Crippen molar-refractivity contribution in [2.75, 3.05) is 13.2 Å². The third-order valence-corrected chi connectivity index (χ3v) is 6.15. The predicted octanol–water partition coefficient (Wildman–Crippen LogP) is 4.51. The summed E-state index contributed by atoms with van der Waals surface area (Å²) in [5.41, 5.74) is 1.53. The Kier molecular flexibility index (Phi) is 5.07. The van der Waals surface area contributed by atoms with Crippen molar-refractivity contribution >= 4 is 7.60 Å². The van der Waals surface area contributed by atoms with Crippen LogP contribution in [0.1, 0.15) is 30.9 Å². The first-order valence-corrected chi connectivity index (χ1v) is 9.64. The number of rotatable bonds is 6. The molecule has 1 unspecified atom stereocenters. The first-order valence-electron chi connectivity index (χ1n) is 8.03. The summed E-state index contributed by atoms with van der Waals surface area (Å²) >= 11 is 0. The highest BCUT2D eigenvalue weighted by Crippen LogP contribution is 2.60.